The van der Waals surface area contributed by atoms with E-state index in [4.69, 9.17) is 16.3 Å². The third kappa shape index (κ3) is 5.72. The number of hydrogen-bond donors (Lipinski definition) is 1. The first-order valence-corrected chi connectivity index (χ1v) is 9.98. The first kappa shape index (κ1) is 19.7. The van der Waals surface area contributed by atoms with Gasteiger partial charge < -0.3 is 10.1 Å². The predicted octanol–water partition coefficient (Wildman–Crippen LogP) is 4.27. The van der Waals surface area contributed by atoms with Crippen LogP contribution in [0.1, 0.15) is 30.9 Å². The molecule has 1 saturated heterocycles. The molecule has 0 spiro atoms. The zero-order valence-electron chi connectivity index (χ0n) is 15.8. The number of amides is 1. The number of ether oxygens (including phenoxy) is 1. The summed E-state index contributed by atoms with van der Waals surface area (Å²) in [6, 6.07) is 15.8. The fraction of sp³-hybridized carbons (Fsp3) is 0.409. The molecule has 0 atom stereocenters. The molecule has 0 aliphatic carbocycles. The Kier molecular flexibility index (Phi) is 7.13. The number of nitrogens with zero attached hydrogens (tertiary/aromatic N) is 1. The van der Waals surface area contributed by atoms with Gasteiger partial charge in [0.05, 0.1) is 6.61 Å². The highest BCUT2D eigenvalue weighted by atomic mass is 35.5. The molecule has 1 heterocycles. The molecule has 1 aliphatic rings. The van der Waals surface area contributed by atoms with Gasteiger partial charge in [-0.25, -0.2) is 0 Å². The molecule has 2 aromatic carbocycles. The summed E-state index contributed by atoms with van der Waals surface area (Å²) in [5.74, 6) is 1.11. The quantitative estimate of drug-likeness (QED) is 0.772. The molecule has 5 heteroatoms. The molecule has 27 heavy (non-hydrogen) atoms. The van der Waals surface area contributed by atoms with Crippen LogP contribution in [-0.2, 0) is 17.9 Å². The van der Waals surface area contributed by atoms with Crippen molar-refractivity contribution >= 4 is 17.5 Å². The Hall–Kier alpha value is -2.04. The van der Waals surface area contributed by atoms with E-state index >= 15 is 0 Å². The van der Waals surface area contributed by atoms with Crippen molar-refractivity contribution in [3.8, 4) is 5.75 Å². The first-order chi connectivity index (χ1) is 13.2. The monoisotopic (exact) mass is 386 g/mol. The maximum atomic E-state index is 12.5. The molecule has 1 aliphatic heterocycles. The van der Waals surface area contributed by atoms with Gasteiger partial charge >= 0.3 is 0 Å². The van der Waals surface area contributed by atoms with Gasteiger partial charge in [0.2, 0.25) is 5.91 Å². The van der Waals surface area contributed by atoms with Crippen molar-refractivity contribution in [2.24, 2.45) is 5.92 Å². The Bertz CT molecular complexity index is 740. The minimum Gasteiger partial charge on any atom is -0.494 e. The van der Waals surface area contributed by atoms with Gasteiger partial charge in [0.15, 0.2) is 0 Å². The van der Waals surface area contributed by atoms with E-state index in [1.807, 2.05) is 49.4 Å². The maximum Gasteiger partial charge on any atom is 0.223 e. The number of carbonyl (C=O) groups excluding carboxylic acids is 1. The van der Waals surface area contributed by atoms with E-state index in [1.54, 1.807) is 0 Å². The average molecular weight is 387 g/mol. The Morgan fingerprint density at radius 2 is 1.85 bits per heavy atom. The van der Waals surface area contributed by atoms with Crippen molar-refractivity contribution in [3.05, 3.63) is 64.7 Å². The van der Waals surface area contributed by atoms with Crippen molar-refractivity contribution < 1.29 is 9.53 Å². The van der Waals surface area contributed by atoms with Crippen molar-refractivity contribution in [1.82, 2.24) is 10.2 Å². The van der Waals surface area contributed by atoms with E-state index in [-0.39, 0.29) is 11.8 Å². The van der Waals surface area contributed by atoms with Crippen LogP contribution < -0.4 is 10.1 Å². The number of piperidine rings is 1. The molecule has 1 fully saturated rings. The van der Waals surface area contributed by atoms with Gasteiger partial charge in [0.25, 0.3) is 0 Å². The lowest BCUT2D eigenvalue weighted by atomic mass is 9.95. The van der Waals surface area contributed by atoms with Crippen LogP contribution in [0.25, 0.3) is 0 Å². The smallest absolute Gasteiger partial charge is 0.223 e. The van der Waals surface area contributed by atoms with Crippen LogP contribution in [0, 0.1) is 5.92 Å². The van der Waals surface area contributed by atoms with E-state index in [0.717, 1.165) is 54.4 Å². The summed E-state index contributed by atoms with van der Waals surface area (Å²) in [6.07, 6.45) is 1.78. The van der Waals surface area contributed by atoms with Gasteiger partial charge in [-0.3, -0.25) is 9.69 Å². The molecule has 0 aromatic heterocycles. The van der Waals surface area contributed by atoms with Crippen LogP contribution in [0.5, 0.6) is 5.75 Å². The minimum absolute atomic E-state index is 0.0928. The summed E-state index contributed by atoms with van der Waals surface area (Å²) >= 11 is 6.25. The predicted molar refractivity (Wildman–Crippen MR) is 109 cm³/mol. The molecule has 0 bridgehead atoms. The zero-order valence-corrected chi connectivity index (χ0v) is 16.5. The molecule has 0 saturated carbocycles. The summed E-state index contributed by atoms with van der Waals surface area (Å²) in [6.45, 7) is 5.88. The van der Waals surface area contributed by atoms with Crippen molar-refractivity contribution in [1.29, 1.82) is 0 Å². The topological polar surface area (TPSA) is 41.6 Å². The molecule has 0 unspecified atom stereocenters. The highest BCUT2D eigenvalue weighted by Crippen LogP contribution is 2.22. The molecular weight excluding hydrogens is 360 g/mol. The maximum absolute atomic E-state index is 12.5. The molecule has 1 amide bonds. The van der Waals surface area contributed by atoms with Gasteiger partial charge in [-0.1, -0.05) is 41.9 Å². The standard InChI is InChI=1S/C22H27ClN2O2/c1-2-27-20-9-7-17(8-10-20)15-24-22(26)18-11-13-25(14-12-18)16-19-5-3-4-6-21(19)23/h3-10,18H,2,11-16H2,1H3,(H,24,26). The Morgan fingerprint density at radius 3 is 2.52 bits per heavy atom. The molecular formula is C22H27ClN2O2. The van der Waals surface area contributed by atoms with E-state index in [2.05, 4.69) is 16.3 Å². The number of rotatable bonds is 7. The highest BCUT2D eigenvalue weighted by molar-refractivity contribution is 6.31. The number of nitrogens with one attached hydrogen (secondary N) is 1. The van der Waals surface area contributed by atoms with E-state index in [1.165, 1.54) is 0 Å². The largest absolute Gasteiger partial charge is 0.494 e. The van der Waals surface area contributed by atoms with E-state index in [0.29, 0.717) is 13.2 Å². The van der Waals surface area contributed by atoms with Crippen LogP contribution in [-0.4, -0.2) is 30.5 Å². The first-order valence-electron chi connectivity index (χ1n) is 9.61. The Morgan fingerprint density at radius 1 is 1.15 bits per heavy atom. The summed E-state index contributed by atoms with van der Waals surface area (Å²) in [7, 11) is 0. The van der Waals surface area contributed by atoms with Gasteiger partial charge in [-0.15, -0.1) is 0 Å². The molecule has 4 nitrogen and oxygen atoms in total. The van der Waals surface area contributed by atoms with E-state index in [9.17, 15) is 4.79 Å². The van der Waals surface area contributed by atoms with Crippen LogP contribution in [0.3, 0.4) is 0 Å². The lowest BCUT2D eigenvalue weighted by Gasteiger charge is -2.31. The second kappa shape index (κ2) is 9.77. The zero-order chi connectivity index (χ0) is 19.1. The second-order valence-corrected chi connectivity index (χ2v) is 7.34. The third-order valence-corrected chi connectivity index (χ3v) is 5.38. The van der Waals surface area contributed by atoms with Crippen molar-refractivity contribution in [3.63, 3.8) is 0 Å². The summed E-state index contributed by atoms with van der Waals surface area (Å²) < 4.78 is 5.44. The summed E-state index contributed by atoms with van der Waals surface area (Å²) in [5.41, 5.74) is 2.24. The van der Waals surface area contributed by atoms with Crippen molar-refractivity contribution in [2.45, 2.75) is 32.9 Å². The fourth-order valence-electron chi connectivity index (χ4n) is 3.42. The number of benzene rings is 2. The second-order valence-electron chi connectivity index (χ2n) is 6.94. The molecule has 3 rings (SSSR count). The fourth-order valence-corrected chi connectivity index (χ4v) is 3.62. The van der Waals surface area contributed by atoms with Crippen LogP contribution in [0.4, 0.5) is 0 Å². The van der Waals surface area contributed by atoms with Gasteiger partial charge in [0.1, 0.15) is 5.75 Å². The molecule has 144 valence electrons. The van der Waals surface area contributed by atoms with Gasteiger partial charge in [-0.05, 0) is 62.2 Å². The van der Waals surface area contributed by atoms with Crippen LogP contribution >= 0.6 is 11.6 Å². The minimum atomic E-state index is 0.0928. The third-order valence-electron chi connectivity index (χ3n) is 5.01. The highest BCUT2D eigenvalue weighted by Gasteiger charge is 2.25. The van der Waals surface area contributed by atoms with Gasteiger partial charge in [0, 0.05) is 24.0 Å². The van der Waals surface area contributed by atoms with Crippen LogP contribution in [0.2, 0.25) is 5.02 Å². The van der Waals surface area contributed by atoms with Gasteiger partial charge in [-0.2, -0.15) is 0 Å². The molecule has 1 N–H and O–H groups in total. The number of carbonyl (C=O) groups is 1. The Balaban J connectivity index is 1.42. The Labute approximate surface area is 166 Å². The number of hydrogen-bond acceptors (Lipinski definition) is 3. The number of likely N-dealkylation sites (tertiary alicyclic amines) is 1. The lowest BCUT2D eigenvalue weighted by molar-refractivity contribution is -0.126. The van der Waals surface area contributed by atoms with E-state index < -0.39 is 0 Å². The average Bonchev–Trinajstić information content (AvgIpc) is 2.70. The lowest BCUT2D eigenvalue weighted by Crippen LogP contribution is -2.40. The molecule has 2 aromatic rings. The molecule has 0 radical (unpaired) electrons. The number of halogens is 1. The van der Waals surface area contributed by atoms with Crippen molar-refractivity contribution in [2.75, 3.05) is 19.7 Å². The summed E-state index contributed by atoms with van der Waals surface area (Å²) in [5, 5.41) is 3.89. The normalized spacial score (nSPS) is 15.5. The SMILES string of the molecule is CCOc1ccc(CNC(=O)C2CCN(Cc3ccccc3Cl)CC2)cc1. The summed E-state index contributed by atoms with van der Waals surface area (Å²) in [4.78, 5) is 14.9. The van der Waals surface area contributed by atoms with Crippen LogP contribution in [0.15, 0.2) is 48.5 Å².